The summed E-state index contributed by atoms with van der Waals surface area (Å²) in [7, 11) is 1.77. The Labute approximate surface area is 112 Å². The van der Waals surface area contributed by atoms with Gasteiger partial charge in [0.05, 0.1) is 11.9 Å². The van der Waals surface area contributed by atoms with Gasteiger partial charge in [0.1, 0.15) is 5.92 Å². The van der Waals surface area contributed by atoms with E-state index in [2.05, 4.69) is 15.7 Å². The van der Waals surface area contributed by atoms with E-state index in [1.807, 2.05) is 20.8 Å². The topological polar surface area (TPSA) is 76.0 Å². The van der Waals surface area contributed by atoms with Crippen LogP contribution in [-0.2, 0) is 16.6 Å². The van der Waals surface area contributed by atoms with Crippen LogP contribution in [0.1, 0.15) is 20.8 Å². The number of carbonyl (C=O) groups is 2. The van der Waals surface area contributed by atoms with Gasteiger partial charge in [-0.05, 0) is 5.41 Å². The van der Waals surface area contributed by atoms with Gasteiger partial charge < -0.3 is 10.6 Å². The maximum Gasteiger partial charge on any atom is 0.237 e. The van der Waals surface area contributed by atoms with Gasteiger partial charge in [0.15, 0.2) is 0 Å². The van der Waals surface area contributed by atoms with Crippen molar-refractivity contribution in [2.45, 2.75) is 20.8 Å². The van der Waals surface area contributed by atoms with E-state index in [4.69, 9.17) is 0 Å². The molecule has 1 fully saturated rings. The number of aryl methyl sites for hydroxylation is 1. The lowest BCUT2D eigenvalue weighted by atomic mass is 9.74. The largest absolute Gasteiger partial charge is 0.355 e. The van der Waals surface area contributed by atoms with Crippen LogP contribution < -0.4 is 10.6 Å². The highest BCUT2D eigenvalue weighted by atomic mass is 16.2. The van der Waals surface area contributed by atoms with E-state index >= 15 is 0 Å². The van der Waals surface area contributed by atoms with E-state index in [0.29, 0.717) is 12.2 Å². The zero-order chi connectivity index (χ0) is 14.2. The zero-order valence-electron chi connectivity index (χ0n) is 11.7. The van der Waals surface area contributed by atoms with Crippen LogP contribution in [0.2, 0.25) is 0 Å². The Morgan fingerprint density at radius 3 is 2.74 bits per heavy atom. The van der Waals surface area contributed by atoms with Gasteiger partial charge in [0.25, 0.3) is 0 Å². The van der Waals surface area contributed by atoms with Crippen LogP contribution in [0.25, 0.3) is 0 Å². The summed E-state index contributed by atoms with van der Waals surface area (Å²) in [6.45, 7) is 6.68. The van der Waals surface area contributed by atoms with Gasteiger partial charge in [0, 0.05) is 25.7 Å². The summed E-state index contributed by atoms with van der Waals surface area (Å²) in [6.07, 6.45) is 3.27. The molecule has 6 nitrogen and oxygen atoms in total. The van der Waals surface area contributed by atoms with Crippen molar-refractivity contribution in [3.05, 3.63) is 12.4 Å². The molecule has 6 heteroatoms. The average molecular weight is 264 g/mol. The first-order valence-corrected chi connectivity index (χ1v) is 6.36. The van der Waals surface area contributed by atoms with E-state index in [9.17, 15) is 9.59 Å². The van der Waals surface area contributed by atoms with Gasteiger partial charge in [-0.2, -0.15) is 5.10 Å². The van der Waals surface area contributed by atoms with Crippen LogP contribution in [0.3, 0.4) is 0 Å². The summed E-state index contributed by atoms with van der Waals surface area (Å²) in [4.78, 5) is 24.2. The number of anilines is 1. The SMILES string of the molecule is Cn1cc(NC(=O)C2C(=O)NCC2C(C)(C)C)cn1. The van der Waals surface area contributed by atoms with Gasteiger partial charge in [-0.15, -0.1) is 0 Å². The van der Waals surface area contributed by atoms with E-state index < -0.39 is 5.92 Å². The first-order valence-electron chi connectivity index (χ1n) is 6.36. The second kappa shape index (κ2) is 4.68. The first kappa shape index (κ1) is 13.6. The summed E-state index contributed by atoms with van der Waals surface area (Å²) in [5.41, 5.74) is 0.510. The molecular weight excluding hydrogens is 244 g/mol. The van der Waals surface area contributed by atoms with Crippen LogP contribution >= 0.6 is 0 Å². The third kappa shape index (κ3) is 2.77. The summed E-state index contributed by atoms with van der Waals surface area (Å²) in [5, 5.41) is 9.52. The Bertz CT molecular complexity index is 501. The number of hydrogen-bond acceptors (Lipinski definition) is 3. The smallest absolute Gasteiger partial charge is 0.237 e. The normalized spacial score (nSPS) is 23.3. The van der Waals surface area contributed by atoms with Gasteiger partial charge in [-0.25, -0.2) is 0 Å². The van der Waals surface area contributed by atoms with Crippen LogP contribution in [0.5, 0.6) is 0 Å². The molecule has 2 amide bonds. The fourth-order valence-corrected chi connectivity index (χ4v) is 2.43. The maximum absolute atomic E-state index is 12.3. The third-order valence-corrected chi connectivity index (χ3v) is 3.55. The lowest BCUT2D eigenvalue weighted by Crippen LogP contribution is -2.37. The minimum absolute atomic E-state index is 0.00308. The predicted octanol–water partition coefficient (Wildman–Crippen LogP) is 0.767. The van der Waals surface area contributed by atoms with Gasteiger partial charge in [-0.1, -0.05) is 20.8 Å². The minimum Gasteiger partial charge on any atom is -0.355 e. The van der Waals surface area contributed by atoms with Crippen molar-refractivity contribution in [3.63, 3.8) is 0 Å². The number of amides is 2. The highest BCUT2D eigenvalue weighted by Gasteiger charge is 2.45. The Morgan fingerprint density at radius 1 is 1.53 bits per heavy atom. The zero-order valence-corrected chi connectivity index (χ0v) is 11.7. The van der Waals surface area contributed by atoms with Crippen molar-refractivity contribution in [1.82, 2.24) is 15.1 Å². The predicted molar refractivity (Wildman–Crippen MR) is 71.3 cm³/mol. The molecule has 1 saturated heterocycles. The van der Waals surface area contributed by atoms with Crippen molar-refractivity contribution in [3.8, 4) is 0 Å². The lowest BCUT2D eigenvalue weighted by Gasteiger charge is -2.29. The Balaban J connectivity index is 2.14. The standard InChI is InChI=1S/C13H20N4O2/c1-13(2,3)9-6-14-11(18)10(9)12(19)16-8-5-15-17(4)7-8/h5,7,9-10H,6H2,1-4H3,(H,14,18)(H,16,19). The molecule has 104 valence electrons. The molecule has 0 spiro atoms. The molecule has 2 unspecified atom stereocenters. The highest BCUT2D eigenvalue weighted by Crippen LogP contribution is 2.35. The number of nitrogens with one attached hydrogen (secondary N) is 2. The summed E-state index contributed by atoms with van der Waals surface area (Å²) in [6, 6.07) is 0. The van der Waals surface area contributed by atoms with E-state index in [1.54, 1.807) is 24.1 Å². The van der Waals surface area contributed by atoms with E-state index in [-0.39, 0.29) is 23.1 Å². The molecular formula is C13H20N4O2. The van der Waals surface area contributed by atoms with Crippen molar-refractivity contribution < 1.29 is 9.59 Å². The Morgan fingerprint density at radius 2 is 2.21 bits per heavy atom. The third-order valence-electron chi connectivity index (χ3n) is 3.55. The molecule has 0 saturated carbocycles. The highest BCUT2D eigenvalue weighted by molar-refractivity contribution is 6.07. The minimum atomic E-state index is -0.639. The number of carbonyl (C=O) groups excluding carboxylic acids is 2. The fourth-order valence-electron chi connectivity index (χ4n) is 2.43. The quantitative estimate of drug-likeness (QED) is 0.775. The van der Waals surface area contributed by atoms with Crippen molar-refractivity contribution in [1.29, 1.82) is 0 Å². The second-order valence-corrected chi connectivity index (χ2v) is 6.09. The molecule has 1 aliphatic rings. The number of aromatic nitrogens is 2. The molecule has 1 aromatic rings. The van der Waals surface area contributed by atoms with Gasteiger partial charge in [0.2, 0.25) is 11.8 Å². The van der Waals surface area contributed by atoms with Crippen molar-refractivity contribution in [2.24, 2.45) is 24.3 Å². The molecule has 1 aromatic heterocycles. The molecule has 2 atom stereocenters. The summed E-state index contributed by atoms with van der Waals surface area (Å²) < 4.78 is 1.60. The molecule has 0 aromatic carbocycles. The second-order valence-electron chi connectivity index (χ2n) is 6.09. The number of hydrogen-bond donors (Lipinski definition) is 2. The molecule has 2 heterocycles. The monoisotopic (exact) mass is 264 g/mol. The molecule has 0 aliphatic carbocycles. The van der Waals surface area contributed by atoms with Crippen molar-refractivity contribution >= 4 is 17.5 Å². The van der Waals surface area contributed by atoms with Crippen LogP contribution in [-0.4, -0.2) is 28.1 Å². The van der Waals surface area contributed by atoms with E-state index in [0.717, 1.165) is 0 Å². The van der Waals surface area contributed by atoms with Gasteiger partial charge >= 0.3 is 0 Å². The maximum atomic E-state index is 12.3. The van der Waals surface area contributed by atoms with Crippen molar-refractivity contribution in [2.75, 3.05) is 11.9 Å². The number of nitrogens with zero attached hydrogens (tertiary/aromatic N) is 2. The molecule has 1 aliphatic heterocycles. The number of rotatable bonds is 2. The summed E-state index contributed by atoms with van der Waals surface area (Å²) >= 11 is 0. The fraction of sp³-hybridized carbons (Fsp3) is 0.615. The molecule has 0 radical (unpaired) electrons. The van der Waals surface area contributed by atoms with Gasteiger partial charge in [-0.3, -0.25) is 14.3 Å². The van der Waals surface area contributed by atoms with Crippen LogP contribution in [0, 0.1) is 17.3 Å². The lowest BCUT2D eigenvalue weighted by molar-refractivity contribution is -0.132. The molecule has 2 N–H and O–H groups in total. The Hall–Kier alpha value is -1.85. The van der Waals surface area contributed by atoms with E-state index in [1.165, 1.54) is 0 Å². The molecule has 2 rings (SSSR count). The Kier molecular flexibility index (Phi) is 3.34. The summed E-state index contributed by atoms with van der Waals surface area (Å²) in [5.74, 6) is -1.10. The average Bonchev–Trinajstić information content (AvgIpc) is 2.84. The van der Waals surface area contributed by atoms with Crippen LogP contribution in [0.4, 0.5) is 5.69 Å². The molecule has 0 bridgehead atoms. The first-order chi connectivity index (χ1) is 8.79. The molecule has 19 heavy (non-hydrogen) atoms. The van der Waals surface area contributed by atoms with Crippen LogP contribution in [0.15, 0.2) is 12.4 Å².